The fourth-order valence-corrected chi connectivity index (χ4v) is 17.6. The van der Waals surface area contributed by atoms with Gasteiger partial charge in [0.25, 0.3) is 0 Å². The van der Waals surface area contributed by atoms with E-state index in [1.165, 1.54) is 113 Å². The van der Waals surface area contributed by atoms with Crippen LogP contribution in [-0.2, 0) is 54.4 Å². The summed E-state index contributed by atoms with van der Waals surface area (Å²) in [5.74, 6) is -2.03. The summed E-state index contributed by atoms with van der Waals surface area (Å²) in [7, 11) is 0. The van der Waals surface area contributed by atoms with Crippen LogP contribution in [0.15, 0.2) is 269 Å². The standard InChI is InChI=1S/C93H70O8/c1-7-85(94)98-45-17-43-92(53-100-87(96)9-3)81-49-57(29-35-69(81)71-37-31-59(51-83(71)92)61-39-41-77-65-21-13-11-19-63(65)75-25-15-23-73(61)89(75)77)55-27-33-67-68-34-28-56(48-80(68)91(5,6)79(67)47-55)58-30-36-70-72-38-32-60(62-40-42-78-66-22-14-12-20-64(66)76-26-16-24-74(62)90(76)78)52-84(72)93(82(70)50-58,54-101-88(97)10-4)44-18-46-99-86(95)8-2/h7-16,19-42,47-52H,1-4,17-18,43-46,53-54H2,5-6H3. The number of ether oxygens (including phenoxy) is 4. The van der Waals surface area contributed by atoms with Gasteiger partial charge in [0, 0.05) is 29.7 Å². The molecule has 0 saturated carbocycles. The number of hydrogen-bond acceptors (Lipinski definition) is 8. The molecule has 5 aliphatic rings. The summed E-state index contributed by atoms with van der Waals surface area (Å²) >= 11 is 0. The zero-order valence-corrected chi connectivity index (χ0v) is 56.3. The zero-order chi connectivity index (χ0) is 69.1. The van der Waals surface area contributed by atoms with Crippen molar-refractivity contribution in [2.24, 2.45) is 0 Å². The lowest BCUT2D eigenvalue weighted by atomic mass is 9.74. The van der Waals surface area contributed by atoms with Gasteiger partial charge in [-0.1, -0.05) is 222 Å². The molecular weight excluding hydrogens is 1250 g/mol. The van der Waals surface area contributed by atoms with Crippen molar-refractivity contribution in [3.8, 4) is 122 Å². The van der Waals surface area contributed by atoms with Gasteiger partial charge in [0.2, 0.25) is 0 Å². The third-order valence-electron chi connectivity index (χ3n) is 22.4. The van der Waals surface area contributed by atoms with Crippen molar-refractivity contribution in [1.82, 2.24) is 0 Å². The highest BCUT2D eigenvalue weighted by molar-refractivity contribution is 6.20. The lowest BCUT2D eigenvalue weighted by Gasteiger charge is -2.32. The molecule has 8 nitrogen and oxygen atoms in total. The largest absolute Gasteiger partial charge is 0.463 e. The average molecular weight is 1320 g/mol. The highest BCUT2D eigenvalue weighted by Crippen LogP contribution is 2.59. The van der Waals surface area contributed by atoms with E-state index in [9.17, 15) is 19.2 Å². The molecule has 12 aromatic carbocycles. The summed E-state index contributed by atoms with van der Waals surface area (Å²) < 4.78 is 23.7. The Morgan fingerprint density at radius 3 is 0.911 bits per heavy atom. The highest BCUT2D eigenvalue weighted by Gasteiger charge is 2.47. The third kappa shape index (κ3) is 9.78. The minimum absolute atomic E-state index is 0.0344. The third-order valence-corrected chi connectivity index (χ3v) is 22.4. The molecule has 0 saturated heterocycles. The summed E-state index contributed by atoms with van der Waals surface area (Å²) in [5, 5.41) is 4.81. The number of hydrogen-bond donors (Lipinski definition) is 0. The number of carbonyl (C=O) groups excluding carboxylic acids is 4. The van der Waals surface area contributed by atoms with Crippen LogP contribution >= 0.6 is 0 Å². The van der Waals surface area contributed by atoms with Crippen molar-refractivity contribution in [2.75, 3.05) is 26.4 Å². The molecule has 490 valence electrons. The summed E-state index contributed by atoms with van der Waals surface area (Å²) in [4.78, 5) is 51.7. The van der Waals surface area contributed by atoms with Gasteiger partial charge in [0.05, 0.1) is 24.0 Å². The molecule has 0 radical (unpaired) electrons. The van der Waals surface area contributed by atoms with Crippen molar-refractivity contribution in [2.45, 2.75) is 55.8 Å². The van der Waals surface area contributed by atoms with Crippen molar-refractivity contribution in [3.05, 3.63) is 302 Å². The Labute approximate surface area is 587 Å². The van der Waals surface area contributed by atoms with Gasteiger partial charge in [0.15, 0.2) is 0 Å². The molecule has 0 heterocycles. The second-order valence-electron chi connectivity index (χ2n) is 27.8. The Morgan fingerprint density at radius 2 is 0.564 bits per heavy atom. The molecule has 0 bridgehead atoms. The minimum Gasteiger partial charge on any atom is -0.463 e. The van der Waals surface area contributed by atoms with Crippen LogP contribution < -0.4 is 0 Å². The van der Waals surface area contributed by atoms with Crippen LogP contribution in [0.1, 0.15) is 72.9 Å². The molecule has 2 atom stereocenters. The first-order chi connectivity index (χ1) is 49.2. The van der Waals surface area contributed by atoms with E-state index in [0.717, 1.165) is 89.0 Å². The molecule has 0 spiro atoms. The minimum atomic E-state index is -0.852. The van der Waals surface area contributed by atoms with Crippen molar-refractivity contribution in [1.29, 1.82) is 0 Å². The van der Waals surface area contributed by atoms with Gasteiger partial charge in [0.1, 0.15) is 13.2 Å². The highest BCUT2D eigenvalue weighted by atomic mass is 16.5. The molecule has 12 aromatic rings. The Bertz CT molecular complexity index is 5260. The molecule has 0 amide bonds. The van der Waals surface area contributed by atoms with E-state index in [4.69, 9.17) is 18.9 Å². The fourth-order valence-electron chi connectivity index (χ4n) is 17.6. The van der Waals surface area contributed by atoms with Crippen molar-refractivity contribution >= 4 is 45.4 Å². The maximum absolute atomic E-state index is 13.3. The normalized spacial score (nSPS) is 15.8. The molecule has 17 rings (SSSR count). The van der Waals surface area contributed by atoms with Gasteiger partial charge >= 0.3 is 23.9 Å². The first-order valence-electron chi connectivity index (χ1n) is 34.6. The lowest BCUT2D eigenvalue weighted by molar-refractivity contribution is -0.140. The van der Waals surface area contributed by atoms with Crippen LogP contribution in [-0.4, -0.2) is 50.3 Å². The van der Waals surface area contributed by atoms with Crippen molar-refractivity contribution in [3.63, 3.8) is 0 Å². The number of esters is 4. The molecule has 5 aliphatic carbocycles. The van der Waals surface area contributed by atoms with E-state index < -0.39 is 40.1 Å². The number of benzene rings is 12. The smallest absolute Gasteiger partial charge is 0.330 e. The van der Waals surface area contributed by atoms with Crippen LogP contribution in [0.2, 0.25) is 0 Å². The Morgan fingerprint density at radius 1 is 0.297 bits per heavy atom. The van der Waals surface area contributed by atoms with Gasteiger partial charge in [-0.3, -0.25) is 0 Å². The van der Waals surface area contributed by atoms with Crippen LogP contribution in [0.3, 0.4) is 0 Å². The van der Waals surface area contributed by atoms with E-state index >= 15 is 0 Å². The zero-order valence-electron chi connectivity index (χ0n) is 56.3. The first-order valence-corrected chi connectivity index (χ1v) is 34.6. The molecule has 101 heavy (non-hydrogen) atoms. The topological polar surface area (TPSA) is 105 Å². The monoisotopic (exact) mass is 1310 g/mol. The second-order valence-corrected chi connectivity index (χ2v) is 27.8. The molecule has 0 N–H and O–H groups in total. The van der Waals surface area contributed by atoms with E-state index in [1.807, 2.05) is 0 Å². The molecule has 0 aromatic heterocycles. The number of fused-ring (bicyclic) bond motifs is 15. The maximum Gasteiger partial charge on any atom is 0.330 e. The number of rotatable bonds is 20. The Balaban J connectivity index is 0.733. The van der Waals surface area contributed by atoms with Crippen LogP contribution in [0, 0.1) is 0 Å². The van der Waals surface area contributed by atoms with E-state index in [-0.39, 0.29) is 26.4 Å². The Hall–Kier alpha value is -12.0. The fraction of sp³-hybridized carbons (Fsp3) is 0.140. The molecule has 0 aliphatic heterocycles. The average Bonchev–Trinajstić information content (AvgIpc) is 1.57. The summed E-state index contributed by atoms with van der Waals surface area (Å²) in [6, 6.07) is 79.8. The van der Waals surface area contributed by atoms with Crippen LogP contribution in [0.25, 0.3) is 144 Å². The molecule has 0 fully saturated rings. The number of carbonyl (C=O) groups is 4. The van der Waals surface area contributed by atoms with Gasteiger partial charge in [-0.25, -0.2) is 19.2 Å². The summed E-state index contributed by atoms with van der Waals surface area (Å²) in [6.45, 7) is 19.8. The second kappa shape index (κ2) is 24.2. The van der Waals surface area contributed by atoms with Gasteiger partial charge < -0.3 is 18.9 Å². The summed E-state index contributed by atoms with van der Waals surface area (Å²) in [6.07, 6.45) is 6.75. The van der Waals surface area contributed by atoms with Crippen LogP contribution in [0.5, 0.6) is 0 Å². The van der Waals surface area contributed by atoms with E-state index in [0.29, 0.717) is 25.7 Å². The molecular formula is C93H70O8. The van der Waals surface area contributed by atoms with Gasteiger partial charge in [-0.15, -0.1) is 0 Å². The Kier molecular flexibility index (Phi) is 15.0. The van der Waals surface area contributed by atoms with Gasteiger partial charge in [-0.2, -0.15) is 0 Å². The lowest BCUT2D eigenvalue weighted by Crippen LogP contribution is -2.33. The van der Waals surface area contributed by atoms with Crippen molar-refractivity contribution < 1.29 is 38.1 Å². The van der Waals surface area contributed by atoms with Crippen LogP contribution in [0.4, 0.5) is 0 Å². The van der Waals surface area contributed by atoms with Gasteiger partial charge in [-0.05, 0) is 239 Å². The predicted octanol–water partition coefficient (Wildman–Crippen LogP) is 21.3. The molecule has 2 unspecified atom stereocenters. The predicted molar refractivity (Wildman–Crippen MR) is 405 cm³/mol. The van der Waals surface area contributed by atoms with E-state index in [1.54, 1.807) is 0 Å². The molecule has 8 heteroatoms. The summed E-state index contributed by atoms with van der Waals surface area (Å²) in [5.41, 5.74) is 29.2. The SMILES string of the molecule is C=CC(=O)OCCCC1(COC(=O)C=C)c2cc(-c3ccc4c(c3)C(C)(C)c3cc(-c5ccc6c(c5)C(CCCOC(=O)C=C)(COC(=O)C=C)c5cc(-c7ccc8c9c(cccc79)-c7ccccc7-8)ccc5-6)ccc3-4)ccc2-c2ccc(-c3ccc4c5c(cccc35)-c3ccccc3-4)cc21. The van der Waals surface area contributed by atoms with E-state index in [2.05, 4.69) is 259 Å². The quantitative estimate of drug-likeness (QED) is 0.0322. The first kappa shape index (κ1) is 62.5. The maximum atomic E-state index is 13.3.